The summed E-state index contributed by atoms with van der Waals surface area (Å²) in [6.45, 7) is 2.12. The predicted molar refractivity (Wildman–Crippen MR) is 82.8 cm³/mol. The highest BCUT2D eigenvalue weighted by atomic mass is 79.9. The van der Waals surface area contributed by atoms with Gasteiger partial charge in [0.05, 0.1) is 27.5 Å². The van der Waals surface area contributed by atoms with Crippen molar-refractivity contribution < 1.29 is 14.3 Å². The van der Waals surface area contributed by atoms with E-state index in [-0.39, 0.29) is 23.0 Å². The number of hydrogen-bond acceptors (Lipinski definition) is 2. The molecule has 5 rings (SSSR count). The van der Waals surface area contributed by atoms with Crippen LogP contribution in [0.5, 0.6) is 0 Å². The zero-order valence-electron chi connectivity index (χ0n) is 11.9. The van der Waals surface area contributed by atoms with Gasteiger partial charge in [0.2, 0.25) is 5.82 Å². The van der Waals surface area contributed by atoms with Crippen LogP contribution in [0.3, 0.4) is 0 Å². The number of aromatic carboxylic acids is 1. The molecule has 0 saturated heterocycles. The van der Waals surface area contributed by atoms with E-state index < -0.39 is 5.97 Å². The van der Waals surface area contributed by atoms with Gasteiger partial charge in [-0.15, -0.1) is 0 Å². The first-order chi connectivity index (χ1) is 10.5. The van der Waals surface area contributed by atoms with Crippen molar-refractivity contribution in [3.8, 4) is 11.3 Å². The number of carbonyl (C=O) groups is 1. The van der Waals surface area contributed by atoms with E-state index in [9.17, 15) is 14.3 Å². The number of rotatable bonds is 2. The quantitative estimate of drug-likeness (QED) is 0.873. The molecule has 2 bridgehead atoms. The molecule has 1 saturated carbocycles. The first-order valence-electron chi connectivity index (χ1n) is 7.29. The summed E-state index contributed by atoms with van der Waals surface area (Å²) in [7, 11) is 0. The van der Waals surface area contributed by atoms with E-state index in [1.807, 2.05) is 0 Å². The summed E-state index contributed by atoms with van der Waals surface area (Å²) in [6, 6.07) is 4.74. The van der Waals surface area contributed by atoms with E-state index in [0.717, 1.165) is 36.1 Å². The normalized spacial score (nSPS) is 25.0. The molecule has 0 radical (unpaired) electrons. The molecule has 6 heteroatoms. The number of nitrogens with zero attached hydrogens (tertiary/aromatic N) is 2. The van der Waals surface area contributed by atoms with Crippen molar-refractivity contribution in [2.45, 2.75) is 37.5 Å². The highest BCUT2D eigenvalue weighted by molar-refractivity contribution is 9.08. The molecule has 1 N–H and O–H groups in total. The van der Waals surface area contributed by atoms with Gasteiger partial charge in [0.1, 0.15) is 5.82 Å². The third-order valence-electron chi connectivity index (χ3n) is 5.19. The second-order valence-electron chi connectivity index (χ2n) is 6.18. The highest BCUT2D eigenvalue weighted by Gasteiger charge is 2.51. The minimum Gasteiger partial charge on any atom is -0.475 e. The summed E-state index contributed by atoms with van der Waals surface area (Å²) in [5.41, 5.74) is 3.37. The number of imidazole rings is 1. The molecule has 0 amide bonds. The molecule has 1 fully saturated rings. The molecule has 4 nitrogen and oxygen atoms in total. The van der Waals surface area contributed by atoms with E-state index in [1.165, 1.54) is 9.66 Å². The molecule has 0 atom stereocenters. The third-order valence-corrected chi connectivity index (χ3v) is 5.91. The van der Waals surface area contributed by atoms with Crippen LogP contribution in [0, 0.1) is 5.82 Å². The van der Waals surface area contributed by atoms with Crippen LogP contribution in [0.25, 0.3) is 11.3 Å². The number of halogens is 2. The van der Waals surface area contributed by atoms with Crippen LogP contribution in [0.1, 0.15) is 54.0 Å². The largest absolute Gasteiger partial charge is 0.475 e. The Balaban J connectivity index is 2.04. The van der Waals surface area contributed by atoms with Crippen LogP contribution in [0.2, 0.25) is 0 Å². The van der Waals surface area contributed by atoms with Gasteiger partial charge in [-0.2, -0.15) is 0 Å². The molecule has 3 aliphatic carbocycles. The summed E-state index contributed by atoms with van der Waals surface area (Å²) >= 11 is 3.34. The number of carboxylic acid groups (broad SMARTS) is 1. The third kappa shape index (κ3) is 1.61. The number of carboxylic acids is 1. The Morgan fingerprint density at radius 3 is 2.91 bits per heavy atom. The van der Waals surface area contributed by atoms with Gasteiger partial charge in [-0.05, 0) is 48.4 Å². The molecule has 3 aliphatic rings. The van der Waals surface area contributed by atoms with Crippen LogP contribution >= 0.6 is 16.1 Å². The smallest absolute Gasteiger partial charge is 0.373 e. The predicted octanol–water partition coefficient (Wildman–Crippen LogP) is 4.08. The van der Waals surface area contributed by atoms with Gasteiger partial charge >= 0.3 is 5.97 Å². The lowest BCUT2D eigenvalue weighted by molar-refractivity contribution is 0.0683. The average Bonchev–Trinajstić information content (AvgIpc) is 2.66. The van der Waals surface area contributed by atoms with Crippen LogP contribution in [-0.2, 0) is 5.41 Å². The van der Waals surface area contributed by atoms with E-state index in [0.29, 0.717) is 5.69 Å². The standard InChI is InChI=1S/C16H14BrFN2O2/c1-2-16-6-8(7-16)13-12(19-14(15(21)22)20(13)17)10-4-3-9(18)5-11(10)16/h3-5,8H,2,6-7H2,1H3,(H,21,22). The lowest BCUT2D eigenvalue weighted by Crippen LogP contribution is -2.39. The maximum absolute atomic E-state index is 13.8. The molecule has 22 heavy (non-hydrogen) atoms. The molecular formula is C16H14BrFN2O2. The molecule has 0 aliphatic heterocycles. The topological polar surface area (TPSA) is 55.1 Å². The van der Waals surface area contributed by atoms with Crippen LogP contribution in [-0.4, -0.2) is 19.7 Å². The molecule has 2 aromatic rings. The Kier molecular flexibility index (Phi) is 2.79. The molecule has 0 unspecified atom stereocenters. The lowest BCUT2D eigenvalue weighted by Gasteiger charge is -2.46. The Hall–Kier alpha value is -1.69. The zero-order chi connectivity index (χ0) is 15.6. The van der Waals surface area contributed by atoms with Gasteiger partial charge in [0, 0.05) is 11.5 Å². The Morgan fingerprint density at radius 2 is 2.27 bits per heavy atom. The Morgan fingerprint density at radius 1 is 1.55 bits per heavy atom. The van der Waals surface area contributed by atoms with Gasteiger partial charge in [-0.3, -0.25) is 3.59 Å². The van der Waals surface area contributed by atoms with Gasteiger partial charge in [-0.1, -0.05) is 6.92 Å². The van der Waals surface area contributed by atoms with E-state index in [1.54, 1.807) is 12.1 Å². The first kappa shape index (κ1) is 13.9. The Bertz CT molecular complexity index is 809. The SMILES string of the molecule is CCC12CC(C1)c1c(nc(C(=O)O)n1Br)-c1ccc(F)cc12. The van der Waals surface area contributed by atoms with Gasteiger partial charge in [0.15, 0.2) is 0 Å². The molecule has 1 heterocycles. The average molecular weight is 365 g/mol. The van der Waals surface area contributed by atoms with Crippen molar-refractivity contribution in [2.75, 3.05) is 0 Å². The van der Waals surface area contributed by atoms with E-state index in [4.69, 9.17) is 0 Å². The minimum absolute atomic E-state index is 0.0147. The highest BCUT2D eigenvalue weighted by Crippen LogP contribution is 2.60. The van der Waals surface area contributed by atoms with Crippen molar-refractivity contribution in [3.63, 3.8) is 0 Å². The van der Waals surface area contributed by atoms with E-state index in [2.05, 4.69) is 28.1 Å². The first-order valence-corrected chi connectivity index (χ1v) is 8.00. The Labute approximate surface area is 135 Å². The van der Waals surface area contributed by atoms with Gasteiger partial charge in [-0.25, -0.2) is 14.2 Å². The number of aromatic nitrogens is 2. The van der Waals surface area contributed by atoms with Crippen molar-refractivity contribution in [1.29, 1.82) is 0 Å². The summed E-state index contributed by atoms with van der Waals surface area (Å²) in [4.78, 5) is 15.7. The second kappa shape index (κ2) is 4.41. The maximum atomic E-state index is 13.8. The number of benzene rings is 1. The van der Waals surface area contributed by atoms with E-state index >= 15 is 0 Å². The van der Waals surface area contributed by atoms with Crippen LogP contribution in [0.15, 0.2) is 18.2 Å². The fourth-order valence-electron chi connectivity index (χ4n) is 4.04. The van der Waals surface area contributed by atoms with Crippen molar-refractivity contribution in [3.05, 3.63) is 41.1 Å². The molecule has 0 spiro atoms. The summed E-state index contributed by atoms with van der Waals surface area (Å²) in [5, 5.41) is 9.30. The minimum atomic E-state index is -1.07. The maximum Gasteiger partial charge on any atom is 0.373 e. The van der Waals surface area contributed by atoms with Crippen molar-refractivity contribution >= 4 is 22.1 Å². The zero-order valence-corrected chi connectivity index (χ0v) is 13.5. The fraction of sp³-hybridized carbons (Fsp3) is 0.375. The summed E-state index contributed by atoms with van der Waals surface area (Å²) < 4.78 is 15.3. The lowest BCUT2D eigenvalue weighted by atomic mass is 9.57. The van der Waals surface area contributed by atoms with Crippen LogP contribution in [0.4, 0.5) is 4.39 Å². The fourth-order valence-corrected chi connectivity index (χ4v) is 4.72. The monoisotopic (exact) mass is 364 g/mol. The molecule has 1 aromatic heterocycles. The van der Waals surface area contributed by atoms with Crippen molar-refractivity contribution in [2.24, 2.45) is 0 Å². The van der Waals surface area contributed by atoms with Gasteiger partial charge < -0.3 is 5.11 Å². The molecule has 114 valence electrons. The molecule has 1 aromatic carbocycles. The van der Waals surface area contributed by atoms with Crippen LogP contribution < -0.4 is 0 Å². The second-order valence-corrected chi connectivity index (χ2v) is 6.89. The molecular weight excluding hydrogens is 351 g/mol. The summed E-state index contributed by atoms with van der Waals surface area (Å²) in [6.07, 6.45) is 2.75. The number of hydrogen-bond donors (Lipinski definition) is 1. The van der Waals surface area contributed by atoms with Gasteiger partial charge in [0.25, 0.3) is 0 Å². The summed E-state index contributed by atoms with van der Waals surface area (Å²) in [5.74, 6) is -1.11. The van der Waals surface area contributed by atoms with Crippen molar-refractivity contribution in [1.82, 2.24) is 8.58 Å².